The molecule has 0 fully saturated rings. The molecule has 0 atom stereocenters. The molecule has 0 aromatic rings. The molecule has 0 aromatic carbocycles. The van der Waals surface area contributed by atoms with Crippen molar-refractivity contribution in [3.63, 3.8) is 0 Å². The SMILES string of the molecule is CN=C(NCCCSC)NCCN(C(C)C)C(C)C. The van der Waals surface area contributed by atoms with Gasteiger partial charge in [-0.1, -0.05) is 0 Å². The van der Waals surface area contributed by atoms with Crippen molar-refractivity contribution in [3.8, 4) is 0 Å². The van der Waals surface area contributed by atoms with Crippen molar-refractivity contribution in [2.24, 2.45) is 4.99 Å². The van der Waals surface area contributed by atoms with Gasteiger partial charge in [-0.05, 0) is 46.1 Å². The van der Waals surface area contributed by atoms with E-state index in [1.807, 2.05) is 18.8 Å². The molecule has 0 saturated heterocycles. The Labute approximate surface area is 123 Å². The van der Waals surface area contributed by atoms with Gasteiger partial charge in [0, 0.05) is 38.8 Å². The molecule has 0 unspecified atom stereocenters. The van der Waals surface area contributed by atoms with E-state index in [4.69, 9.17) is 0 Å². The van der Waals surface area contributed by atoms with Crippen LogP contribution in [-0.2, 0) is 0 Å². The number of nitrogens with one attached hydrogen (secondary N) is 2. The lowest BCUT2D eigenvalue weighted by Gasteiger charge is -2.30. The van der Waals surface area contributed by atoms with Crippen molar-refractivity contribution < 1.29 is 0 Å². The first-order chi connectivity index (χ1) is 9.02. The van der Waals surface area contributed by atoms with Crippen LogP contribution in [0, 0.1) is 0 Å². The Bertz CT molecular complexity index is 234. The predicted octanol–water partition coefficient (Wildman–Crippen LogP) is 2.02. The first-order valence-electron chi connectivity index (χ1n) is 7.22. The largest absolute Gasteiger partial charge is 0.356 e. The standard InChI is InChI=1S/C14H32N4S/c1-12(2)18(13(3)4)10-9-17-14(15-5)16-8-7-11-19-6/h12-13H,7-11H2,1-6H3,(H2,15,16,17). The van der Waals surface area contributed by atoms with Crippen LogP contribution in [0.3, 0.4) is 0 Å². The number of aliphatic imine (C=N–C) groups is 1. The molecule has 0 aromatic heterocycles. The predicted molar refractivity (Wildman–Crippen MR) is 89.3 cm³/mol. The van der Waals surface area contributed by atoms with Crippen LogP contribution in [0.25, 0.3) is 0 Å². The zero-order valence-electron chi connectivity index (χ0n) is 13.5. The summed E-state index contributed by atoms with van der Waals surface area (Å²) < 4.78 is 0. The molecule has 5 heteroatoms. The second kappa shape index (κ2) is 11.4. The fourth-order valence-corrected chi connectivity index (χ4v) is 2.49. The zero-order valence-corrected chi connectivity index (χ0v) is 14.3. The van der Waals surface area contributed by atoms with Gasteiger partial charge < -0.3 is 10.6 Å². The highest BCUT2D eigenvalue weighted by Crippen LogP contribution is 2.03. The second-order valence-corrected chi connectivity index (χ2v) is 6.18. The van der Waals surface area contributed by atoms with Crippen molar-refractivity contribution >= 4 is 17.7 Å². The van der Waals surface area contributed by atoms with Gasteiger partial charge in [0.05, 0.1) is 0 Å². The van der Waals surface area contributed by atoms with Crippen LogP contribution in [0.15, 0.2) is 4.99 Å². The molecular formula is C14H32N4S. The molecule has 0 spiro atoms. The highest BCUT2D eigenvalue weighted by Gasteiger charge is 2.12. The van der Waals surface area contributed by atoms with Gasteiger partial charge >= 0.3 is 0 Å². The zero-order chi connectivity index (χ0) is 14.7. The first kappa shape index (κ1) is 18.6. The average molecular weight is 289 g/mol. The Balaban J connectivity index is 3.88. The van der Waals surface area contributed by atoms with Crippen molar-refractivity contribution in [1.29, 1.82) is 0 Å². The molecule has 114 valence electrons. The van der Waals surface area contributed by atoms with Crippen LogP contribution < -0.4 is 10.6 Å². The van der Waals surface area contributed by atoms with E-state index in [-0.39, 0.29) is 0 Å². The monoisotopic (exact) mass is 288 g/mol. The molecule has 0 aliphatic rings. The summed E-state index contributed by atoms with van der Waals surface area (Å²) >= 11 is 1.88. The summed E-state index contributed by atoms with van der Waals surface area (Å²) in [6, 6.07) is 1.16. The number of hydrogen-bond donors (Lipinski definition) is 2. The third kappa shape index (κ3) is 9.16. The molecule has 0 rings (SSSR count). The van der Waals surface area contributed by atoms with E-state index in [1.54, 1.807) is 0 Å². The molecule has 0 radical (unpaired) electrons. The smallest absolute Gasteiger partial charge is 0.191 e. The minimum Gasteiger partial charge on any atom is -0.356 e. The van der Waals surface area contributed by atoms with Crippen LogP contribution in [0.2, 0.25) is 0 Å². The topological polar surface area (TPSA) is 39.7 Å². The van der Waals surface area contributed by atoms with Gasteiger partial charge in [-0.2, -0.15) is 11.8 Å². The summed E-state index contributed by atoms with van der Waals surface area (Å²) in [4.78, 5) is 6.72. The first-order valence-corrected chi connectivity index (χ1v) is 8.61. The number of rotatable bonds is 9. The van der Waals surface area contributed by atoms with E-state index in [9.17, 15) is 0 Å². The molecule has 0 amide bonds. The summed E-state index contributed by atoms with van der Waals surface area (Å²) in [7, 11) is 1.83. The molecule has 0 bridgehead atoms. The summed E-state index contributed by atoms with van der Waals surface area (Å²) in [5.74, 6) is 2.10. The van der Waals surface area contributed by atoms with Crippen LogP contribution >= 0.6 is 11.8 Å². The fraction of sp³-hybridized carbons (Fsp3) is 0.929. The lowest BCUT2D eigenvalue weighted by atomic mass is 10.2. The Hall–Kier alpha value is -0.420. The number of guanidine groups is 1. The van der Waals surface area contributed by atoms with Crippen LogP contribution in [0.5, 0.6) is 0 Å². The van der Waals surface area contributed by atoms with Crippen molar-refractivity contribution in [3.05, 3.63) is 0 Å². The molecule has 0 aliphatic carbocycles. The van der Waals surface area contributed by atoms with Crippen molar-refractivity contribution in [1.82, 2.24) is 15.5 Å². The maximum absolute atomic E-state index is 4.24. The molecule has 4 nitrogen and oxygen atoms in total. The van der Waals surface area contributed by atoms with Crippen LogP contribution in [-0.4, -0.2) is 61.6 Å². The Morgan fingerprint density at radius 3 is 2.16 bits per heavy atom. The van der Waals surface area contributed by atoms with E-state index < -0.39 is 0 Å². The van der Waals surface area contributed by atoms with Gasteiger partial charge in [0.15, 0.2) is 5.96 Å². The Morgan fingerprint density at radius 2 is 1.68 bits per heavy atom. The number of nitrogens with zero attached hydrogens (tertiary/aromatic N) is 2. The minimum atomic E-state index is 0.582. The van der Waals surface area contributed by atoms with E-state index >= 15 is 0 Å². The normalized spacial score (nSPS) is 12.6. The van der Waals surface area contributed by atoms with Gasteiger partial charge in [0.2, 0.25) is 0 Å². The van der Waals surface area contributed by atoms with Crippen molar-refractivity contribution in [2.45, 2.75) is 46.2 Å². The van der Waals surface area contributed by atoms with Gasteiger partial charge in [0.25, 0.3) is 0 Å². The van der Waals surface area contributed by atoms with E-state index in [2.05, 4.69) is 54.5 Å². The molecular weight excluding hydrogens is 256 g/mol. The van der Waals surface area contributed by atoms with Gasteiger partial charge in [-0.25, -0.2) is 0 Å². The fourth-order valence-electron chi connectivity index (χ4n) is 2.06. The number of thioether (sulfide) groups is 1. The lowest BCUT2D eigenvalue weighted by molar-refractivity contribution is 0.178. The summed E-state index contributed by atoms with van der Waals surface area (Å²) in [6.07, 6.45) is 3.31. The Kier molecular flexibility index (Phi) is 11.2. The van der Waals surface area contributed by atoms with Gasteiger partial charge in [0.1, 0.15) is 0 Å². The molecule has 0 aliphatic heterocycles. The highest BCUT2D eigenvalue weighted by molar-refractivity contribution is 7.98. The summed E-state index contributed by atoms with van der Waals surface area (Å²) in [6.45, 7) is 11.9. The van der Waals surface area contributed by atoms with Crippen LogP contribution in [0.1, 0.15) is 34.1 Å². The van der Waals surface area contributed by atoms with Gasteiger partial charge in [-0.3, -0.25) is 9.89 Å². The second-order valence-electron chi connectivity index (χ2n) is 5.20. The van der Waals surface area contributed by atoms with Crippen molar-refractivity contribution in [2.75, 3.05) is 38.7 Å². The quantitative estimate of drug-likeness (QED) is 0.387. The summed E-state index contributed by atoms with van der Waals surface area (Å²) in [5, 5.41) is 6.72. The molecule has 0 saturated carbocycles. The Morgan fingerprint density at radius 1 is 1.11 bits per heavy atom. The molecule has 19 heavy (non-hydrogen) atoms. The third-order valence-corrected chi connectivity index (χ3v) is 3.73. The third-order valence-electron chi connectivity index (χ3n) is 3.03. The molecule has 0 heterocycles. The minimum absolute atomic E-state index is 0.582. The van der Waals surface area contributed by atoms with Crippen LogP contribution in [0.4, 0.5) is 0 Å². The maximum atomic E-state index is 4.24. The van der Waals surface area contributed by atoms with E-state index in [0.29, 0.717) is 12.1 Å². The lowest BCUT2D eigenvalue weighted by Crippen LogP contribution is -2.45. The highest BCUT2D eigenvalue weighted by atomic mass is 32.2. The molecule has 2 N–H and O–H groups in total. The summed E-state index contributed by atoms with van der Waals surface area (Å²) in [5.41, 5.74) is 0. The van der Waals surface area contributed by atoms with E-state index in [1.165, 1.54) is 12.2 Å². The van der Waals surface area contributed by atoms with Gasteiger partial charge in [-0.15, -0.1) is 0 Å². The maximum Gasteiger partial charge on any atom is 0.191 e. The number of hydrogen-bond acceptors (Lipinski definition) is 3. The van der Waals surface area contributed by atoms with E-state index in [0.717, 1.165) is 25.6 Å². The average Bonchev–Trinajstić information content (AvgIpc) is 2.36.